The van der Waals surface area contributed by atoms with E-state index in [1.54, 1.807) is 31.4 Å². The number of anilines is 1. The molecule has 0 bridgehead atoms. The molecule has 22 heavy (non-hydrogen) atoms. The Hall–Kier alpha value is -2.28. The highest BCUT2D eigenvalue weighted by atomic mass is 32.2. The molecule has 0 heterocycles. The minimum Gasteiger partial charge on any atom is -0.497 e. The molecular formula is C15H16FNO4S. The third kappa shape index (κ3) is 4.92. The lowest BCUT2D eigenvalue weighted by Gasteiger charge is -2.09. The highest BCUT2D eigenvalue weighted by Gasteiger charge is 2.11. The van der Waals surface area contributed by atoms with E-state index < -0.39 is 15.8 Å². The van der Waals surface area contributed by atoms with E-state index in [0.29, 0.717) is 17.2 Å². The predicted molar refractivity (Wildman–Crippen MR) is 82.3 cm³/mol. The molecule has 7 heteroatoms. The first-order valence-corrected chi connectivity index (χ1v) is 8.17. The van der Waals surface area contributed by atoms with E-state index in [1.807, 2.05) is 0 Å². The molecule has 1 N–H and O–H groups in total. The van der Waals surface area contributed by atoms with Crippen LogP contribution in [0.1, 0.15) is 0 Å². The number of benzene rings is 2. The standard InChI is InChI=1S/C15H16FNO4S/c1-20-14-6-8-15(9-7-14)21-10-11-22(18,19)17-13-4-2-12(16)3-5-13/h2-9,17H,10-11H2,1H3. The third-order valence-electron chi connectivity index (χ3n) is 2.80. The van der Waals surface area contributed by atoms with Crippen molar-refractivity contribution in [2.45, 2.75) is 0 Å². The van der Waals surface area contributed by atoms with Gasteiger partial charge in [-0.05, 0) is 48.5 Å². The summed E-state index contributed by atoms with van der Waals surface area (Å²) in [6.07, 6.45) is 0. The maximum Gasteiger partial charge on any atom is 0.236 e. The smallest absolute Gasteiger partial charge is 0.236 e. The lowest BCUT2D eigenvalue weighted by Crippen LogP contribution is -2.21. The molecule has 0 amide bonds. The zero-order valence-electron chi connectivity index (χ0n) is 12.0. The number of nitrogens with one attached hydrogen (secondary N) is 1. The van der Waals surface area contributed by atoms with Crippen LogP contribution >= 0.6 is 0 Å². The summed E-state index contributed by atoms with van der Waals surface area (Å²) >= 11 is 0. The van der Waals surface area contributed by atoms with Crippen LogP contribution in [0.5, 0.6) is 11.5 Å². The van der Waals surface area contributed by atoms with Crippen molar-refractivity contribution >= 4 is 15.7 Å². The minimum atomic E-state index is -3.55. The quantitative estimate of drug-likeness (QED) is 0.850. The van der Waals surface area contributed by atoms with Gasteiger partial charge in [0.15, 0.2) is 0 Å². The second-order valence-corrected chi connectivity index (χ2v) is 6.29. The van der Waals surface area contributed by atoms with Gasteiger partial charge in [-0.25, -0.2) is 12.8 Å². The van der Waals surface area contributed by atoms with Crippen LogP contribution in [0.25, 0.3) is 0 Å². The van der Waals surface area contributed by atoms with E-state index in [4.69, 9.17) is 9.47 Å². The first-order valence-electron chi connectivity index (χ1n) is 6.51. The lowest BCUT2D eigenvalue weighted by molar-refractivity contribution is 0.340. The molecule has 0 radical (unpaired) electrons. The molecular weight excluding hydrogens is 309 g/mol. The topological polar surface area (TPSA) is 64.6 Å². The van der Waals surface area contributed by atoms with Gasteiger partial charge in [-0.2, -0.15) is 0 Å². The highest BCUT2D eigenvalue weighted by Crippen LogP contribution is 2.17. The molecule has 0 aliphatic rings. The Morgan fingerprint density at radius 2 is 1.59 bits per heavy atom. The van der Waals surface area contributed by atoms with Gasteiger partial charge < -0.3 is 9.47 Å². The Morgan fingerprint density at radius 3 is 2.18 bits per heavy atom. The highest BCUT2D eigenvalue weighted by molar-refractivity contribution is 7.92. The maximum atomic E-state index is 12.8. The summed E-state index contributed by atoms with van der Waals surface area (Å²) in [4.78, 5) is 0. The second-order valence-electron chi connectivity index (χ2n) is 4.45. The minimum absolute atomic E-state index is 0.00283. The van der Waals surface area contributed by atoms with Crippen molar-refractivity contribution in [3.63, 3.8) is 0 Å². The van der Waals surface area contributed by atoms with E-state index in [9.17, 15) is 12.8 Å². The van der Waals surface area contributed by atoms with Crippen LogP contribution in [0.4, 0.5) is 10.1 Å². The summed E-state index contributed by atoms with van der Waals surface area (Å²) in [5, 5.41) is 0. The number of methoxy groups -OCH3 is 1. The van der Waals surface area contributed by atoms with Gasteiger partial charge in [0.05, 0.1) is 7.11 Å². The van der Waals surface area contributed by atoms with Crippen molar-refractivity contribution in [2.75, 3.05) is 24.2 Å². The van der Waals surface area contributed by atoms with Gasteiger partial charge in [-0.3, -0.25) is 4.72 Å². The zero-order chi connectivity index (χ0) is 16.0. The molecule has 0 fully saturated rings. The molecule has 0 saturated heterocycles. The van der Waals surface area contributed by atoms with E-state index in [0.717, 1.165) is 0 Å². The predicted octanol–water partition coefficient (Wildman–Crippen LogP) is 2.66. The SMILES string of the molecule is COc1ccc(OCCS(=O)(=O)Nc2ccc(F)cc2)cc1. The Bertz CT molecular complexity index is 699. The summed E-state index contributed by atoms with van der Waals surface area (Å²) in [5.74, 6) is 0.609. The number of halogens is 1. The first-order chi connectivity index (χ1) is 10.5. The monoisotopic (exact) mass is 325 g/mol. The molecule has 2 aromatic carbocycles. The van der Waals surface area contributed by atoms with E-state index in [-0.39, 0.29) is 12.4 Å². The van der Waals surface area contributed by atoms with Crippen molar-refractivity contribution in [1.29, 1.82) is 0 Å². The molecule has 2 rings (SSSR count). The second kappa shape index (κ2) is 7.13. The van der Waals surface area contributed by atoms with Gasteiger partial charge in [-0.1, -0.05) is 0 Å². The van der Waals surface area contributed by atoms with E-state index in [1.165, 1.54) is 24.3 Å². The molecule has 0 unspecified atom stereocenters. The van der Waals surface area contributed by atoms with Crippen LogP contribution in [0.2, 0.25) is 0 Å². The van der Waals surface area contributed by atoms with Crippen molar-refractivity contribution < 1.29 is 22.3 Å². The number of sulfonamides is 1. The number of rotatable bonds is 7. The number of hydrogen-bond acceptors (Lipinski definition) is 4. The van der Waals surface area contributed by atoms with Crippen LogP contribution in [-0.2, 0) is 10.0 Å². The number of ether oxygens (including phenoxy) is 2. The van der Waals surface area contributed by atoms with Gasteiger partial charge in [0.2, 0.25) is 10.0 Å². The van der Waals surface area contributed by atoms with Gasteiger partial charge in [0, 0.05) is 5.69 Å². The Kier molecular flexibility index (Phi) is 5.21. The Morgan fingerprint density at radius 1 is 1.00 bits per heavy atom. The normalized spacial score (nSPS) is 11.0. The Labute approximate surface area is 128 Å². The van der Waals surface area contributed by atoms with Crippen LogP contribution in [0, 0.1) is 5.82 Å². The van der Waals surface area contributed by atoms with Gasteiger partial charge >= 0.3 is 0 Å². The Balaban J connectivity index is 1.85. The zero-order valence-corrected chi connectivity index (χ0v) is 12.8. The van der Waals surface area contributed by atoms with Gasteiger partial charge in [0.1, 0.15) is 29.7 Å². The average molecular weight is 325 g/mol. The van der Waals surface area contributed by atoms with Gasteiger partial charge in [-0.15, -0.1) is 0 Å². The van der Waals surface area contributed by atoms with E-state index >= 15 is 0 Å². The summed E-state index contributed by atoms with van der Waals surface area (Å²) in [6, 6.07) is 11.9. The molecule has 5 nitrogen and oxygen atoms in total. The van der Waals surface area contributed by atoms with Crippen LogP contribution in [0.15, 0.2) is 48.5 Å². The molecule has 0 spiro atoms. The molecule has 0 saturated carbocycles. The van der Waals surface area contributed by atoms with Crippen molar-refractivity contribution in [1.82, 2.24) is 0 Å². The molecule has 2 aromatic rings. The van der Waals surface area contributed by atoms with E-state index in [2.05, 4.69) is 4.72 Å². The number of hydrogen-bond donors (Lipinski definition) is 1. The molecule has 0 aromatic heterocycles. The fourth-order valence-corrected chi connectivity index (χ4v) is 2.59. The van der Waals surface area contributed by atoms with Gasteiger partial charge in [0.25, 0.3) is 0 Å². The molecule has 0 atom stereocenters. The molecule has 118 valence electrons. The fourth-order valence-electron chi connectivity index (χ4n) is 1.69. The summed E-state index contributed by atoms with van der Waals surface area (Å²) < 4.78 is 49.2. The maximum absolute atomic E-state index is 12.8. The van der Waals surface area contributed by atoms with Crippen LogP contribution in [-0.4, -0.2) is 27.9 Å². The summed E-state index contributed by atoms with van der Waals surface area (Å²) in [6.45, 7) is 0.00283. The average Bonchev–Trinajstić information content (AvgIpc) is 2.50. The summed E-state index contributed by atoms with van der Waals surface area (Å²) in [5.41, 5.74) is 0.311. The fraction of sp³-hybridized carbons (Fsp3) is 0.200. The first kappa shape index (κ1) is 16.1. The van der Waals surface area contributed by atoms with Crippen molar-refractivity contribution in [3.8, 4) is 11.5 Å². The van der Waals surface area contributed by atoms with Crippen molar-refractivity contribution in [2.24, 2.45) is 0 Å². The molecule has 0 aliphatic heterocycles. The van der Waals surface area contributed by atoms with Crippen molar-refractivity contribution in [3.05, 3.63) is 54.3 Å². The lowest BCUT2D eigenvalue weighted by atomic mass is 10.3. The van der Waals surface area contributed by atoms with Crippen LogP contribution < -0.4 is 14.2 Å². The third-order valence-corrected chi connectivity index (χ3v) is 4.05. The summed E-state index contributed by atoms with van der Waals surface area (Å²) in [7, 11) is -1.99. The largest absolute Gasteiger partial charge is 0.497 e. The van der Waals surface area contributed by atoms with Crippen LogP contribution in [0.3, 0.4) is 0 Å². The molecule has 0 aliphatic carbocycles.